The number of anilines is 1. The molecule has 19 heavy (non-hydrogen) atoms. The van der Waals surface area contributed by atoms with Gasteiger partial charge in [-0.15, -0.1) is 0 Å². The minimum absolute atomic E-state index is 0.0852. The van der Waals surface area contributed by atoms with Crippen molar-refractivity contribution in [2.45, 2.75) is 26.1 Å². The van der Waals surface area contributed by atoms with Gasteiger partial charge in [-0.3, -0.25) is 4.79 Å². The molecule has 0 spiro atoms. The normalized spacial score (nSPS) is 23.2. The molecule has 1 N–H and O–H groups in total. The highest BCUT2D eigenvalue weighted by Gasteiger charge is 2.25. The Bertz CT molecular complexity index is 443. The van der Waals surface area contributed by atoms with Crippen LogP contribution in [0.2, 0.25) is 5.02 Å². The molecule has 2 atom stereocenters. The Balaban J connectivity index is 1.87. The number of hydrogen-bond acceptors (Lipinski definition) is 3. The predicted molar refractivity (Wildman–Crippen MR) is 76.5 cm³/mol. The van der Waals surface area contributed by atoms with E-state index in [1.54, 1.807) is 12.1 Å². The Morgan fingerprint density at radius 2 is 2.11 bits per heavy atom. The Labute approximate surface area is 118 Å². The molecule has 0 radical (unpaired) electrons. The van der Waals surface area contributed by atoms with Gasteiger partial charge in [0.1, 0.15) is 0 Å². The molecule has 1 aromatic carbocycles. The lowest BCUT2D eigenvalue weighted by atomic mass is 10.2. The number of carbonyl (C=O) groups is 1. The molecule has 0 saturated carbocycles. The van der Waals surface area contributed by atoms with Crippen molar-refractivity contribution in [1.29, 1.82) is 0 Å². The molecule has 1 aliphatic rings. The van der Waals surface area contributed by atoms with E-state index in [1.807, 2.05) is 30.9 Å². The zero-order chi connectivity index (χ0) is 13.8. The summed E-state index contributed by atoms with van der Waals surface area (Å²) in [6.07, 6.45) is 0.192. The number of hydrogen-bond donors (Lipinski definition) is 1. The van der Waals surface area contributed by atoms with Crippen LogP contribution >= 0.6 is 11.6 Å². The smallest absolute Gasteiger partial charge is 0.242 e. The molecule has 0 bridgehead atoms. The number of halogens is 1. The van der Waals surface area contributed by atoms with Crippen molar-refractivity contribution in [3.63, 3.8) is 0 Å². The highest BCUT2D eigenvalue weighted by Crippen LogP contribution is 2.15. The third kappa shape index (κ3) is 4.11. The van der Waals surface area contributed by atoms with E-state index in [0.29, 0.717) is 18.1 Å². The standard InChI is InChI=1S/C14H19ClN2O2/c1-10-8-17(9-11(2)19-10)14(18)7-16-13-5-3-4-12(15)6-13/h3-6,10-11,16H,7-9H2,1-2H3. The van der Waals surface area contributed by atoms with E-state index in [0.717, 1.165) is 5.69 Å². The summed E-state index contributed by atoms with van der Waals surface area (Å²) in [5.41, 5.74) is 0.857. The second kappa shape index (κ2) is 6.26. The van der Waals surface area contributed by atoms with E-state index in [-0.39, 0.29) is 24.7 Å². The van der Waals surface area contributed by atoms with Gasteiger partial charge in [0.2, 0.25) is 5.91 Å². The molecule has 1 fully saturated rings. The first-order valence-corrected chi connectivity index (χ1v) is 6.85. The predicted octanol–water partition coefficient (Wildman–Crippen LogP) is 2.39. The molecular weight excluding hydrogens is 264 g/mol. The van der Waals surface area contributed by atoms with Gasteiger partial charge >= 0.3 is 0 Å². The zero-order valence-electron chi connectivity index (χ0n) is 11.2. The molecule has 1 saturated heterocycles. The van der Waals surface area contributed by atoms with Crippen molar-refractivity contribution >= 4 is 23.2 Å². The van der Waals surface area contributed by atoms with Crippen LogP contribution in [-0.2, 0) is 9.53 Å². The Kier molecular flexibility index (Phi) is 4.66. The Hall–Kier alpha value is -1.26. The van der Waals surface area contributed by atoms with Crippen LogP contribution in [-0.4, -0.2) is 42.6 Å². The van der Waals surface area contributed by atoms with Crippen molar-refractivity contribution in [3.05, 3.63) is 29.3 Å². The van der Waals surface area contributed by atoms with Gasteiger partial charge in [0.05, 0.1) is 18.8 Å². The van der Waals surface area contributed by atoms with E-state index in [4.69, 9.17) is 16.3 Å². The van der Waals surface area contributed by atoms with E-state index in [9.17, 15) is 4.79 Å². The molecule has 1 aromatic rings. The number of carbonyl (C=O) groups excluding carboxylic acids is 1. The fourth-order valence-electron chi connectivity index (χ4n) is 2.27. The molecule has 1 heterocycles. The molecule has 104 valence electrons. The van der Waals surface area contributed by atoms with Gasteiger partial charge in [0, 0.05) is 23.8 Å². The first-order valence-electron chi connectivity index (χ1n) is 6.47. The van der Waals surface area contributed by atoms with Gasteiger partial charge in [-0.25, -0.2) is 0 Å². The first kappa shape index (κ1) is 14.2. The summed E-state index contributed by atoms with van der Waals surface area (Å²) in [4.78, 5) is 14.0. The Morgan fingerprint density at radius 3 is 2.74 bits per heavy atom. The quantitative estimate of drug-likeness (QED) is 0.925. The summed E-state index contributed by atoms with van der Waals surface area (Å²) in [6, 6.07) is 7.36. The van der Waals surface area contributed by atoms with Crippen LogP contribution in [0.3, 0.4) is 0 Å². The van der Waals surface area contributed by atoms with E-state index >= 15 is 0 Å². The van der Waals surface area contributed by atoms with Gasteiger partial charge in [0.15, 0.2) is 0 Å². The van der Waals surface area contributed by atoms with Crippen LogP contribution < -0.4 is 5.32 Å². The van der Waals surface area contributed by atoms with Gasteiger partial charge in [0.25, 0.3) is 0 Å². The van der Waals surface area contributed by atoms with Crippen LogP contribution in [0.5, 0.6) is 0 Å². The number of ether oxygens (including phenoxy) is 1. The van der Waals surface area contributed by atoms with Crippen molar-refractivity contribution in [2.24, 2.45) is 0 Å². The van der Waals surface area contributed by atoms with Gasteiger partial charge in [-0.2, -0.15) is 0 Å². The van der Waals surface area contributed by atoms with E-state index in [2.05, 4.69) is 5.32 Å². The molecule has 0 aliphatic carbocycles. The van der Waals surface area contributed by atoms with Crippen molar-refractivity contribution < 1.29 is 9.53 Å². The number of rotatable bonds is 3. The lowest BCUT2D eigenvalue weighted by Gasteiger charge is -2.35. The maximum atomic E-state index is 12.1. The molecular formula is C14H19ClN2O2. The summed E-state index contributed by atoms with van der Waals surface area (Å²) in [5, 5.41) is 3.75. The van der Waals surface area contributed by atoms with Crippen LogP contribution in [0.4, 0.5) is 5.69 Å². The third-order valence-electron chi connectivity index (χ3n) is 3.04. The molecule has 4 nitrogen and oxygen atoms in total. The highest BCUT2D eigenvalue weighted by molar-refractivity contribution is 6.30. The summed E-state index contributed by atoms with van der Waals surface area (Å²) in [5.74, 6) is 0.0852. The summed E-state index contributed by atoms with van der Waals surface area (Å²) < 4.78 is 5.61. The fraction of sp³-hybridized carbons (Fsp3) is 0.500. The molecule has 2 rings (SSSR count). The maximum Gasteiger partial charge on any atom is 0.242 e. The number of morpholine rings is 1. The summed E-state index contributed by atoms with van der Waals surface area (Å²) in [7, 11) is 0. The minimum Gasteiger partial charge on any atom is -0.376 e. The third-order valence-corrected chi connectivity index (χ3v) is 3.28. The largest absolute Gasteiger partial charge is 0.376 e. The zero-order valence-corrected chi connectivity index (χ0v) is 12.0. The lowest BCUT2D eigenvalue weighted by Crippen LogP contribution is -2.49. The number of amides is 1. The van der Waals surface area contributed by atoms with Crippen LogP contribution in [0, 0.1) is 0 Å². The van der Waals surface area contributed by atoms with Gasteiger partial charge in [-0.1, -0.05) is 17.7 Å². The minimum atomic E-state index is 0.0852. The molecule has 1 amide bonds. The van der Waals surface area contributed by atoms with Crippen molar-refractivity contribution in [3.8, 4) is 0 Å². The second-order valence-electron chi connectivity index (χ2n) is 4.92. The number of nitrogens with zero attached hydrogens (tertiary/aromatic N) is 1. The summed E-state index contributed by atoms with van der Waals surface area (Å²) in [6.45, 7) is 5.56. The topological polar surface area (TPSA) is 41.6 Å². The molecule has 1 aliphatic heterocycles. The first-order chi connectivity index (χ1) is 9.04. The molecule has 0 aromatic heterocycles. The van der Waals surface area contributed by atoms with Gasteiger partial charge < -0.3 is 15.0 Å². The highest BCUT2D eigenvalue weighted by atomic mass is 35.5. The average molecular weight is 283 g/mol. The van der Waals surface area contributed by atoms with E-state index in [1.165, 1.54) is 0 Å². The Morgan fingerprint density at radius 1 is 1.42 bits per heavy atom. The molecule has 2 unspecified atom stereocenters. The van der Waals surface area contributed by atoms with Crippen molar-refractivity contribution in [1.82, 2.24) is 4.90 Å². The van der Waals surface area contributed by atoms with Crippen LogP contribution in [0.25, 0.3) is 0 Å². The number of benzene rings is 1. The fourth-order valence-corrected chi connectivity index (χ4v) is 2.46. The van der Waals surface area contributed by atoms with Crippen LogP contribution in [0.15, 0.2) is 24.3 Å². The van der Waals surface area contributed by atoms with Gasteiger partial charge in [-0.05, 0) is 32.0 Å². The monoisotopic (exact) mass is 282 g/mol. The van der Waals surface area contributed by atoms with Crippen molar-refractivity contribution in [2.75, 3.05) is 25.0 Å². The molecule has 5 heteroatoms. The SMILES string of the molecule is CC1CN(C(=O)CNc2cccc(Cl)c2)CC(C)O1. The van der Waals surface area contributed by atoms with Crippen LogP contribution in [0.1, 0.15) is 13.8 Å². The lowest BCUT2D eigenvalue weighted by molar-refractivity contribution is -0.141. The summed E-state index contributed by atoms with van der Waals surface area (Å²) >= 11 is 5.90. The number of nitrogens with one attached hydrogen (secondary N) is 1. The second-order valence-corrected chi connectivity index (χ2v) is 5.36. The maximum absolute atomic E-state index is 12.1. The average Bonchev–Trinajstić information content (AvgIpc) is 2.35. The van der Waals surface area contributed by atoms with E-state index < -0.39 is 0 Å².